The lowest BCUT2D eigenvalue weighted by Gasteiger charge is -2.26. The molecule has 0 amide bonds. The number of pyridine rings is 1. The molecule has 0 bridgehead atoms. The van der Waals surface area contributed by atoms with Crippen molar-refractivity contribution in [2.45, 2.75) is 44.7 Å². The van der Waals surface area contributed by atoms with E-state index >= 15 is 0 Å². The summed E-state index contributed by atoms with van der Waals surface area (Å²) in [6.07, 6.45) is 7.27. The minimum absolute atomic E-state index is 0.643. The Hall–Kier alpha value is -1.09. The summed E-state index contributed by atoms with van der Waals surface area (Å²) in [4.78, 5) is 6.99. The highest BCUT2D eigenvalue weighted by atomic mass is 15.2. The lowest BCUT2D eigenvalue weighted by molar-refractivity contribution is 0.568. The number of rotatable bonds is 4. The van der Waals surface area contributed by atoms with Gasteiger partial charge in [0, 0.05) is 31.4 Å². The van der Waals surface area contributed by atoms with E-state index < -0.39 is 0 Å². The van der Waals surface area contributed by atoms with Crippen LogP contribution in [0.4, 0.5) is 5.82 Å². The van der Waals surface area contributed by atoms with E-state index in [1.807, 2.05) is 6.20 Å². The van der Waals surface area contributed by atoms with Gasteiger partial charge in [-0.2, -0.15) is 0 Å². The molecule has 0 radical (unpaired) electrons. The maximum absolute atomic E-state index is 4.51. The summed E-state index contributed by atoms with van der Waals surface area (Å²) in [7, 11) is 0. The fourth-order valence-corrected chi connectivity index (χ4v) is 2.62. The van der Waals surface area contributed by atoms with Crippen LogP contribution in [0, 0.1) is 6.92 Å². The van der Waals surface area contributed by atoms with Gasteiger partial charge in [0.05, 0.1) is 0 Å². The van der Waals surface area contributed by atoms with E-state index in [4.69, 9.17) is 0 Å². The Bertz CT molecular complexity index is 387. The zero-order valence-corrected chi connectivity index (χ0v) is 10.5. The summed E-state index contributed by atoms with van der Waals surface area (Å²) in [5.41, 5.74) is 1.30. The van der Waals surface area contributed by atoms with Gasteiger partial charge in [-0.05, 0) is 50.3 Å². The highest BCUT2D eigenvalue weighted by molar-refractivity contribution is 5.43. The molecule has 3 heteroatoms. The number of nitrogens with one attached hydrogen (secondary N) is 1. The van der Waals surface area contributed by atoms with E-state index in [1.165, 1.54) is 31.2 Å². The average molecular weight is 231 g/mol. The molecule has 1 aromatic heterocycles. The smallest absolute Gasteiger partial charge is 0.129 e. The lowest BCUT2D eigenvalue weighted by atomic mass is 10.2. The third kappa shape index (κ3) is 2.60. The van der Waals surface area contributed by atoms with Crippen molar-refractivity contribution in [1.82, 2.24) is 10.3 Å². The first-order chi connectivity index (χ1) is 8.33. The second-order valence-electron chi connectivity index (χ2n) is 5.36. The van der Waals surface area contributed by atoms with Crippen LogP contribution in [0.2, 0.25) is 0 Å². The van der Waals surface area contributed by atoms with E-state index in [9.17, 15) is 0 Å². The molecule has 0 aromatic carbocycles. The molecule has 92 valence electrons. The maximum atomic E-state index is 4.51. The number of hydrogen-bond donors (Lipinski definition) is 1. The van der Waals surface area contributed by atoms with Crippen molar-refractivity contribution in [3.05, 3.63) is 23.9 Å². The Labute approximate surface area is 103 Å². The van der Waals surface area contributed by atoms with E-state index in [0.717, 1.165) is 24.9 Å². The predicted molar refractivity (Wildman–Crippen MR) is 70.4 cm³/mol. The number of nitrogens with zero attached hydrogens (tertiary/aromatic N) is 2. The molecule has 1 N–H and O–H groups in total. The fraction of sp³-hybridized carbons (Fsp3) is 0.643. The first-order valence-corrected chi connectivity index (χ1v) is 6.75. The Morgan fingerprint density at radius 1 is 1.41 bits per heavy atom. The van der Waals surface area contributed by atoms with Gasteiger partial charge in [0.1, 0.15) is 5.82 Å². The number of aromatic nitrogens is 1. The third-order valence-electron chi connectivity index (χ3n) is 3.79. The number of aryl methyl sites for hydroxylation is 1. The molecule has 3 nitrogen and oxygen atoms in total. The number of hydrogen-bond acceptors (Lipinski definition) is 3. The Morgan fingerprint density at radius 3 is 3.06 bits per heavy atom. The van der Waals surface area contributed by atoms with Gasteiger partial charge in [0.25, 0.3) is 0 Å². The first kappa shape index (κ1) is 11.0. The van der Waals surface area contributed by atoms with Crippen LogP contribution in [0.5, 0.6) is 0 Å². The van der Waals surface area contributed by atoms with Crippen molar-refractivity contribution < 1.29 is 0 Å². The molecule has 1 saturated carbocycles. The summed E-state index contributed by atoms with van der Waals surface area (Å²) in [5, 5.41) is 3.64. The van der Waals surface area contributed by atoms with Crippen LogP contribution in [-0.2, 0) is 0 Å². The predicted octanol–water partition coefficient (Wildman–Crippen LogP) is 2.11. The Balaban J connectivity index is 1.67. The van der Waals surface area contributed by atoms with E-state index in [0.29, 0.717) is 6.04 Å². The Morgan fingerprint density at radius 2 is 2.29 bits per heavy atom. The minimum Gasteiger partial charge on any atom is -0.352 e. The van der Waals surface area contributed by atoms with Gasteiger partial charge in [-0.1, -0.05) is 0 Å². The minimum atomic E-state index is 0.643. The molecule has 3 rings (SSSR count). The molecule has 2 fully saturated rings. The third-order valence-corrected chi connectivity index (χ3v) is 3.79. The summed E-state index contributed by atoms with van der Waals surface area (Å²) in [6, 6.07) is 5.72. The van der Waals surface area contributed by atoms with Crippen LogP contribution in [0.15, 0.2) is 18.3 Å². The van der Waals surface area contributed by atoms with Crippen molar-refractivity contribution >= 4 is 5.82 Å². The van der Waals surface area contributed by atoms with E-state index in [-0.39, 0.29) is 0 Å². The summed E-state index contributed by atoms with van der Waals surface area (Å²) >= 11 is 0. The second-order valence-corrected chi connectivity index (χ2v) is 5.36. The van der Waals surface area contributed by atoms with Crippen molar-refractivity contribution in [2.75, 3.05) is 18.0 Å². The molecule has 2 heterocycles. The fourth-order valence-electron chi connectivity index (χ4n) is 2.62. The highest BCUT2D eigenvalue weighted by Crippen LogP contribution is 2.25. The topological polar surface area (TPSA) is 28.2 Å². The SMILES string of the molecule is Cc1ccnc(N2CCCC2CNC2CC2)c1. The molecule has 1 aliphatic heterocycles. The summed E-state index contributed by atoms with van der Waals surface area (Å²) in [5.74, 6) is 1.16. The Kier molecular flexibility index (Phi) is 3.02. The van der Waals surface area contributed by atoms with Gasteiger partial charge in [0.15, 0.2) is 0 Å². The van der Waals surface area contributed by atoms with E-state index in [2.05, 4.69) is 34.3 Å². The molecule has 1 atom stereocenters. The second kappa shape index (κ2) is 4.65. The monoisotopic (exact) mass is 231 g/mol. The van der Waals surface area contributed by atoms with Gasteiger partial charge >= 0.3 is 0 Å². The maximum Gasteiger partial charge on any atom is 0.129 e. The van der Waals surface area contributed by atoms with Gasteiger partial charge in [-0.25, -0.2) is 4.98 Å². The van der Waals surface area contributed by atoms with Crippen LogP contribution < -0.4 is 10.2 Å². The average Bonchev–Trinajstić information content (AvgIpc) is 3.04. The molecule has 2 aliphatic rings. The lowest BCUT2D eigenvalue weighted by Crippen LogP contribution is -2.39. The van der Waals surface area contributed by atoms with E-state index in [1.54, 1.807) is 0 Å². The van der Waals surface area contributed by atoms with Gasteiger partial charge in [-0.3, -0.25) is 0 Å². The van der Waals surface area contributed by atoms with Gasteiger partial charge in [0.2, 0.25) is 0 Å². The molecule has 17 heavy (non-hydrogen) atoms. The molecule has 0 spiro atoms. The zero-order chi connectivity index (χ0) is 11.7. The van der Waals surface area contributed by atoms with Crippen molar-refractivity contribution in [1.29, 1.82) is 0 Å². The molecular formula is C14H21N3. The van der Waals surface area contributed by atoms with Crippen LogP contribution in [0.3, 0.4) is 0 Å². The summed E-state index contributed by atoms with van der Waals surface area (Å²) in [6.45, 7) is 4.42. The van der Waals surface area contributed by atoms with Crippen molar-refractivity contribution in [3.8, 4) is 0 Å². The molecular weight excluding hydrogens is 210 g/mol. The van der Waals surface area contributed by atoms with Crippen LogP contribution >= 0.6 is 0 Å². The van der Waals surface area contributed by atoms with Crippen molar-refractivity contribution in [2.24, 2.45) is 0 Å². The molecule has 1 unspecified atom stereocenters. The quantitative estimate of drug-likeness (QED) is 0.860. The van der Waals surface area contributed by atoms with Crippen LogP contribution in [-0.4, -0.2) is 30.2 Å². The van der Waals surface area contributed by atoms with Gasteiger partial charge in [-0.15, -0.1) is 0 Å². The van der Waals surface area contributed by atoms with Crippen molar-refractivity contribution in [3.63, 3.8) is 0 Å². The largest absolute Gasteiger partial charge is 0.352 e. The molecule has 1 aromatic rings. The van der Waals surface area contributed by atoms with Crippen LogP contribution in [0.1, 0.15) is 31.2 Å². The molecule has 1 saturated heterocycles. The highest BCUT2D eigenvalue weighted by Gasteiger charge is 2.28. The number of anilines is 1. The zero-order valence-electron chi connectivity index (χ0n) is 10.5. The van der Waals surface area contributed by atoms with Gasteiger partial charge < -0.3 is 10.2 Å². The molecule has 1 aliphatic carbocycles. The standard InChI is InChI=1S/C14H21N3/c1-11-6-7-15-14(9-11)17-8-2-3-13(17)10-16-12-4-5-12/h6-7,9,12-13,16H,2-5,8,10H2,1H3. The van der Waals surface area contributed by atoms with Crippen LogP contribution in [0.25, 0.3) is 0 Å². The normalized spacial score (nSPS) is 24.3. The summed E-state index contributed by atoms with van der Waals surface area (Å²) < 4.78 is 0. The first-order valence-electron chi connectivity index (χ1n) is 6.75.